The summed E-state index contributed by atoms with van der Waals surface area (Å²) in [5.74, 6) is -0.297. The van der Waals surface area contributed by atoms with Gasteiger partial charge < -0.3 is 10.1 Å². The zero-order valence-corrected chi connectivity index (χ0v) is 20.8. The fourth-order valence-electron chi connectivity index (χ4n) is 3.31. The number of benzene rings is 3. The van der Waals surface area contributed by atoms with Crippen molar-refractivity contribution in [2.24, 2.45) is 5.10 Å². The number of aryl methyl sites for hydroxylation is 1. The Hall–Kier alpha value is -3.56. The second-order valence-electron chi connectivity index (χ2n) is 7.40. The highest BCUT2D eigenvalue weighted by atomic mass is 79.9. The Kier molecular flexibility index (Phi) is 7.57. The Morgan fingerprint density at radius 1 is 1.23 bits per heavy atom. The number of hydrogen-bond donors (Lipinski definition) is 1. The molecular formula is C25H19BrClFN4O3. The van der Waals surface area contributed by atoms with E-state index in [1.165, 1.54) is 29.1 Å². The third kappa shape index (κ3) is 5.75. The van der Waals surface area contributed by atoms with Crippen LogP contribution in [0.15, 0.2) is 75.0 Å². The van der Waals surface area contributed by atoms with Gasteiger partial charge in [-0.15, -0.1) is 0 Å². The lowest BCUT2D eigenvalue weighted by atomic mass is 10.2. The van der Waals surface area contributed by atoms with Gasteiger partial charge in [-0.25, -0.2) is 9.37 Å². The predicted molar refractivity (Wildman–Crippen MR) is 138 cm³/mol. The molecule has 0 spiro atoms. The molecule has 0 bridgehead atoms. The van der Waals surface area contributed by atoms with Gasteiger partial charge in [-0.1, -0.05) is 46.6 Å². The average molecular weight is 558 g/mol. The van der Waals surface area contributed by atoms with Gasteiger partial charge in [0, 0.05) is 21.5 Å². The summed E-state index contributed by atoms with van der Waals surface area (Å²) in [6.45, 7) is 1.50. The van der Waals surface area contributed by atoms with Crippen molar-refractivity contribution in [1.82, 2.24) is 9.66 Å². The standard InChI is InChI=1S/C25H19BrClFN4O3/c1-2-23-30-20-9-7-16(26)12-18(20)25(34)32(23)29-13-15-11-17(27)8-10-22(15)35-14-24(33)31-21-6-4-3-5-19(21)28/h3-13H,2,14H2,1H3,(H,31,33). The maximum atomic E-state index is 13.8. The number of carbonyl (C=O) groups is 1. The summed E-state index contributed by atoms with van der Waals surface area (Å²) in [5.41, 5.74) is 0.757. The molecule has 178 valence electrons. The number of fused-ring (bicyclic) bond motifs is 1. The number of rotatable bonds is 7. The van der Waals surface area contributed by atoms with Crippen molar-refractivity contribution >= 4 is 56.2 Å². The normalized spacial score (nSPS) is 11.2. The summed E-state index contributed by atoms with van der Waals surface area (Å²) >= 11 is 9.52. The van der Waals surface area contributed by atoms with E-state index < -0.39 is 11.7 Å². The SMILES string of the molecule is CCc1nc2ccc(Br)cc2c(=O)n1N=Cc1cc(Cl)ccc1OCC(=O)Nc1ccccc1F. The molecule has 1 aromatic heterocycles. The molecule has 7 nitrogen and oxygen atoms in total. The van der Waals surface area contributed by atoms with Gasteiger partial charge in [0.1, 0.15) is 17.4 Å². The molecule has 0 aliphatic rings. The summed E-state index contributed by atoms with van der Waals surface area (Å²) in [7, 11) is 0. The van der Waals surface area contributed by atoms with Gasteiger partial charge in [0.2, 0.25) is 0 Å². The minimum atomic E-state index is -0.548. The van der Waals surface area contributed by atoms with Gasteiger partial charge >= 0.3 is 0 Å². The minimum absolute atomic E-state index is 0.0564. The lowest BCUT2D eigenvalue weighted by Crippen LogP contribution is -2.22. The molecule has 0 atom stereocenters. The first-order valence-corrected chi connectivity index (χ1v) is 11.7. The number of anilines is 1. The molecule has 0 radical (unpaired) electrons. The van der Waals surface area contributed by atoms with Crippen LogP contribution >= 0.6 is 27.5 Å². The molecule has 1 amide bonds. The fourth-order valence-corrected chi connectivity index (χ4v) is 3.85. The first kappa shape index (κ1) is 24.6. The molecule has 0 saturated carbocycles. The van der Waals surface area contributed by atoms with Gasteiger partial charge in [-0.2, -0.15) is 9.78 Å². The molecule has 1 heterocycles. The first-order valence-electron chi connectivity index (χ1n) is 10.6. The Labute approximate surface area is 213 Å². The molecule has 0 aliphatic heterocycles. The van der Waals surface area contributed by atoms with Crippen LogP contribution < -0.4 is 15.6 Å². The summed E-state index contributed by atoms with van der Waals surface area (Å²) in [6.07, 6.45) is 1.90. The van der Waals surface area contributed by atoms with E-state index in [4.69, 9.17) is 16.3 Å². The van der Waals surface area contributed by atoms with E-state index in [0.717, 1.165) is 4.47 Å². The Morgan fingerprint density at radius 3 is 2.80 bits per heavy atom. The number of halogens is 3. The van der Waals surface area contributed by atoms with E-state index >= 15 is 0 Å². The van der Waals surface area contributed by atoms with Crippen LogP contribution in [0.3, 0.4) is 0 Å². The van der Waals surface area contributed by atoms with Crippen LogP contribution in [0.5, 0.6) is 5.75 Å². The highest BCUT2D eigenvalue weighted by molar-refractivity contribution is 9.10. The van der Waals surface area contributed by atoms with Crippen molar-refractivity contribution in [2.75, 3.05) is 11.9 Å². The van der Waals surface area contributed by atoms with Crippen molar-refractivity contribution < 1.29 is 13.9 Å². The zero-order chi connectivity index (χ0) is 24.9. The first-order chi connectivity index (χ1) is 16.9. The quantitative estimate of drug-likeness (QED) is 0.308. The Balaban J connectivity index is 1.60. The van der Waals surface area contributed by atoms with Crippen LogP contribution in [0.1, 0.15) is 18.3 Å². The fraction of sp³-hybridized carbons (Fsp3) is 0.120. The number of amides is 1. The van der Waals surface area contributed by atoms with E-state index in [2.05, 4.69) is 31.3 Å². The van der Waals surface area contributed by atoms with Crippen molar-refractivity contribution in [3.05, 3.63) is 97.7 Å². The zero-order valence-electron chi connectivity index (χ0n) is 18.5. The molecular weight excluding hydrogens is 539 g/mol. The number of hydrogen-bond acceptors (Lipinski definition) is 5. The van der Waals surface area contributed by atoms with Gasteiger partial charge in [0.25, 0.3) is 11.5 Å². The molecule has 0 fully saturated rings. The second kappa shape index (κ2) is 10.8. The number of nitrogens with zero attached hydrogens (tertiary/aromatic N) is 3. The third-order valence-corrected chi connectivity index (χ3v) is 5.71. The van der Waals surface area contributed by atoms with Gasteiger partial charge in [-0.05, 0) is 48.5 Å². The number of para-hydroxylation sites is 1. The maximum absolute atomic E-state index is 13.8. The van der Waals surface area contributed by atoms with E-state index in [9.17, 15) is 14.0 Å². The average Bonchev–Trinajstić information content (AvgIpc) is 2.84. The molecule has 4 rings (SSSR count). The van der Waals surface area contributed by atoms with Crippen LogP contribution in [-0.2, 0) is 11.2 Å². The lowest BCUT2D eigenvalue weighted by Gasteiger charge is -2.11. The molecule has 10 heteroatoms. The van der Waals surface area contributed by atoms with Crippen molar-refractivity contribution in [3.8, 4) is 5.75 Å². The van der Waals surface area contributed by atoms with Gasteiger partial charge in [0.05, 0.1) is 22.8 Å². The highest BCUT2D eigenvalue weighted by Crippen LogP contribution is 2.22. The molecule has 3 aromatic carbocycles. The topological polar surface area (TPSA) is 85.6 Å². The van der Waals surface area contributed by atoms with Crippen molar-refractivity contribution in [1.29, 1.82) is 0 Å². The van der Waals surface area contributed by atoms with E-state index in [-0.39, 0.29) is 17.9 Å². The van der Waals surface area contributed by atoms with E-state index in [1.54, 1.807) is 36.4 Å². The third-order valence-electron chi connectivity index (χ3n) is 4.98. The molecule has 1 N–H and O–H groups in total. The number of carbonyl (C=O) groups excluding carboxylic acids is 1. The summed E-state index contributed by atoms with van der Waals surface area (Å²) < 4.78 is 21.4. The van der Waals surface area contributed by atoms with E-state index in [0.29, 0.717) is 39.5 Å². The van der Waals surface area contributed by atoms with Crippen molar-refractivity contribution in [2.45, 2.75) is 13.3 Å². The molecule has 0 saturated heterocycles. The summed E-state index contributed by atoms with van der Waals surface area (Å²) in [4.78, 5) is 29.9. The van der Waals surface area contributed by atoms with E-state index in [1.807, 2.05) is 13.0 Å². The summed E-state index contributed by atoms with van der Waals surface area (Å²) in [5, 5.41) is 7.64. The molecule has 35 heavy (non-hydrogen) atoms. The minimum Gasteiger partial charge on any atom is -0.483 e. The highest BCUT2D eigenvalue weighted by Gasteiger charge is 2.12. The second-order valence-corrected chi connectivity index (χ2v) is 8.76. The maximum Gasteiger partial charge on any atom is 0.282 e. The Morgan fingerprint density at radius 2 is 2.03 bits per heavy atom. The van der Waals surface area contributed by atoms with Crippen LogP contribution in [0.25, 0.3) is 10.9 Å². The van der Waals surface area contributed by atoms with Crippen LogP contribution in [-0.4, -0.2) is 28.4 Å². The Bertz CT molecular complexity index is 1510. The monoisotopic (exact) mass is 556 g/mol. The van der Waals surface area contributed by atoms with Crippen molar-refractivity contribution in [3.63, 3.8) is 0 Å². The number of nitrogens with one attached hydrogen (secondary N) is 1. The van der Waals surface area contributed by atoms with Crippen LogP contribution in [0.4, 0.5) is 10.1 Å². The largest absolute Gasteiger partial charge is 0.483 e. The van der Waals surface area contributed by atoms with Gasteiger partial charge in [-0.3, -0.25) is 9.59 Å². The molecule has 0 aliphatic carbocycles. The molecule has 4 aromatic rings. The van der Waals surface area contributed by atoms with Crippen LogP contribution in [0.2, 0.25) is 5.02 Å². The summed E-state index contributed by atoms with van der Waals surface area (Å²) in [6, 6.07) is 15.9. The number of aromatic nitrogens is 2. The smallest absolute Gasteiger partial charge is 0.282 e. The van der Waals surface area contributed by atoms with Gasteiger partial charge in [0.15, 0.2) is 6.61 Å². The number of ether oxygens (including phenoxy) is 1. The lowest BCUT2D eigenvalue weighted by molar-refractivity contribution is -0.118. The van der Waals surface area contributed by atoms with Crippen LogP contribution in [0, 0.1) is 5.82 Å². The predicted octanol–water partition coefficient (Wildman–Crippen LogP) is 5.41. The molecule has 0 unspecified atom stereocenters.